The molecule has 0 saturated heterocycles. The van der Waals surface area contributed by atoms with E-state index >= 15 is 0 Å². The van der Waals surface area contributed by atoms with Crippen LogP contribution in [0, 0.1) is 6.92 Å². The van der Waals surface area contributed by atoms with Crippen molar-refractivity contribution in [3.8, 4) is 0 Å². The Balaban J connectivity index is 1.70. The highest BCUT2D eigenvalue weighted by Gasteiger charge is 2.17. The van der Waals surface area contributed by atoms with Crippen LogP contribution in [0.1, 0.15) is 28.5 Å². The van der Waals surface area contributed by atoms with Gasteiger partial charge >= 0.3 is 5.97 Å². The number of carbonyl (C=O) groups excluding carboxylic acids is 2. The molecule has 0 bridgehead atoms. The van der Waals surface area contributed by atoms with Crippen LogP contribution in [0.3, 0.4) is 0 Å². The molecule has 0 radical (unpaired) electrons. The van der Waals surface area contributed by atoms with Gasteiger partial charge in [-0.2, -0.15) is 0 Å². The predicted octanol–water partition coefficient (Wildman–Crippen LogP) is 3.61. The molecule has 0 unspecified atom stereocenters. The van der Waals surface area contributed by atoms with E-state index in [0.29, 0.717) is 16.5 Å². The fraction of sp³-hybridized carbons (Fsp3) is 0.190. The van der Waals surface area contributed by atoms with Crippen LogP contribution >= 0.6 is 11.3 Å². The van der Waals surface area contributed by atoms with Crippen molar-refractivity contribution < 1.29 is 22.7 Å². The standard InChI is InChI=1S/C21H21N3O5S2/c1-3-29-19(25)12-17-13-30-21(22-17)23-20(26)15-5-4-6-18(11-15)31(27,28)24-16-9-7-14(2)8-10-16/h4-11,13,24H,3,12H2,1-2H3,(H,22,23,26). The van der Waals surface area contributed by atoms with Gasteiger partial charge in [0.05, 0.1) is 23.6 Å². The molecule has 2 N–H and O–H groups in total. The molecule has 8 nitrogen and oxygen atoms in total. The molecule has 1 aromatic heterocycles. The molecule has 3 aromatic rings. The lowest BCUT2D eigenvalue weighted by atomic mass is 10.2. The number of anilines is 2. The number of nitrogens with zero attached hydrogens (tertiary/aromatic N) is 1. The summed E-state index contributed by atoms with van der Waals surface area (Å²) in [6.45, 7) is 3.91. The summed E-state index contributed by atoms with van der Waals surface area (Å²) in [6, 6.07) is 12.6. The Morgan fingerprint density at radius 2 is 1.87 bits per heavy atom. The summed E-state index contributed by atoms with van der Waals surface area (Å²) >= 11 is 1.16. The van der Waals surface area contributed by atoms with Gasteiger partial charge in [-0.15, -0.1) is 11.3 Å². The number of benzene rings is 2. The molecule has 0 aliphatic heterocycles. The van der Waals surface area contributed by atoms with Gasteiger partial charge in [-0.1, -0.05) is 23.8 Å². The minimum Gasteiger partial charge on any atom is -0.466 e. The highest BCUT2D eigenvalue weighted by atomic mass is 32.2. The predicted molar refractivity (Wildman–Crippen MR) is 119 cm³/mol. The number of carbonyl (C=O) groups is 2. The van der Waals surface area contributed by atoms with Crippen LogP contribution in [0.4, 0.5) is 10.8 Å². The number of rotatable bonds is 8. The summed E-state index contributed by atoms with van der Waals surface area (Å²) in [5.74, 6) is -0.908. The Kier molecular flexibility index (Phi) is 7.03. The van der Waals surface area contributed by atoms with Gasteiger partial charge in [0.15, 0.2) is 5.13 Å². The number of aromatic nitrogens is 1. The van der Waals surface area contributed by atoms with Gasteiger partial charge in [-0.25, -0.2) is 13.4 Å². The Hall–Kier alpha value is -3.24. The highest BCUT2D eigenvalue weighted by molar-refractivity contribution is 7.92. The minimum atomic E-state index is -3.86. The fourth-order valence-corrected chi connectivity index (χ4v) is 4.42. The third-order valence-electron chi connectivity index (χ3n) is 4.11. The lowest BCUT2D eigenvalue weighted by Crippen LogP contribution is -2.16. The van der Waals surface area contributed by atoms with Crippen molar-refractivity contribution in [2.75, 3.05) is 16.6 Å². The average Bonchev–Trinajstić information content (AvgIpc) is 3.16. The summed E-state index contributed by atoms with van der Waals surface area (Å²) in [5, 5.41) is 4.57. The van der Waals surface area contributed by atoms with Gasteiger partial charge in [-0.3, -0.25) is 19.6 Å². The topological polar surface area (TPSA) is 114 Å². The Bertz CT molecular complexity index is 1190. The van der Waals surface area contributed by atoms with Gasteiger partial charge in [0.25, 0.3) is 15.9 Å². The Labute approximate surface area is 184 Å². The molecule has 31 heavy (non-hydrogen) atoms. The lowest BCUT2D eigenvalue weighted by molar-refractivity contribution is -0.142. The molecular formula is C21H21N3O5S2. The molecule has 1 heterocycles. The number of ether oxygens (including phenoxy) is 1. The Morgan fingerprint density at radius 1 is 1.13 bits per heavy atom. The SMILES string of the molecule is CCOC(=O)Cc1csc(NC(=O)c2cccc(S(=O)(=O)Nc3ccc(C)cc3)c2)n1. The third kappa shape index (κ3) is 6.12. The molecule has 10 heteroatoms. The average molecular weight is 460 g/mol. The van der Waals surface area contributed by atoms with Crippen molar-refractivity contribution >= 4 is 44.1 Å². The van der Waals surface area contributed by atoms with Gasteiger partial charge in [0.2, 0.25) is 0 Å². The summed E-state index contributed by atoms with van der Waals surface area (Å²) < 4.78 is 32.7. The van der Waals surface area contributed by atoms with E-state index in [4.69, 9.17) is 4.74 Å². The molecule has 0 atom stereocenters. The second-order valence-electron chi connectivity index (χ2n) is 6.58. The largest absolute Gasteiger partial charge is 0.466 e. The monoisotopic (exact) mass is 459 g/mol. The molecule has 1 amide bonds. The number of esters is 1. The first-order valence-corrected chi connectivity index (χ1v) is 11.7. The number of hydrogen-bond donors (Lipinski definition) is 2. The highest BCUT2D eigenvalue weighted by Crippen LogP contribution is 2.20. The van der Waals surface area contributed by atoms with Gasteiger partial charge in [-0.05, 0) is 44.2 Å². The van der Waals surface area contributed by atoms with Crippen molar-refractivity contribution in [1.82, 2.24) is 4.98 Å². The van der Waals surface area contributed by atoms with E-state index in [2.05, 4.69) is 15.0 Å². The van der Waals surface area contributed by atoms with Crippen LogP contribution in [-0.2, 0) is 26.0 Å². The van der Waals surface area contributed by atoms with Crippen LogP contribution in [0.5, 0.6) is 0 Å². The Morgan fingerprint density at radius 3 is 2.58 bits per heavy atom. The summed E-state index contributed by atoms with van der Waals surface area (Å²) in [4.78, 5) is 28.3. The number of amides is 1. The van der Waals surface area contributed by atoms with Crippen LogP contribution in [-0.4, -0.2) is 31.9 Å². The third-order valence-corrected chi connectivity index (χ3v) is 6.30. The molecule has 0 spiro atoms. The van der Waals surface area contributed by atoms with Crippen LogP contribution < -0.4 is 10.0 Å². The van der Waals surface area contributed by atoms with Crippen LogP contribution in [0.15, 0.2) is 58.8 Å². The van der Waals surface area contributed by atoms with Crippen molar-refractivity contribution in [1.29, 1.82) is 0 Å². The van der Waals surface area contributed by atoms with E-state index < -0.39 is 21.9 Å². The maximum absolute atomic E-state index is 12.7. The number of hydrogen-bond acceptors (Lipinski definition) is 7. The van der Waals surface area contributed by atoms with Gasteiger partial charge in [0, 0.05) is 16.6 Å². The normalized spacial score (nSPS) is 11.0. The van der Waals surface area contributed by atoms with E-state index in [1.807, 2.05) is 6.92 Å². The first-order valence-electron chi connectivity index (χ1n) is 9.38. The molecule has 0 aliphatic carbocycles. The zero-order valence-corrected chi connectivity index (χ0v) is 18.5. The number of sulfonamides is 1. The number of thiazole rings is 1. The molecule has 3 rings (SSSR count). The zero-order valence-electron chi connectivity index (χ0n) is 16.9. The number of aryl methyl sites for hydroxylation is 1. The van der Waals surface area contributed by atoms with Crippen LogP contribution in [0.25, 0.3) is 0 Å². The smallest absolute Gasteiger partial charge is 0.311 e. The molecule has 162 valence electrons. The second-order valence-corrected chi connectivity index (χ2v) is 9.12. The fourth-order valence-electron chi connectivity index (χ4n) is 2.61. The van der Waals surface area contributed by atoms with E-state index in [-0.39, 0.29) is 23.5 Å². The van der Waals surface area contributed by atoms with E-state index in [1.165, 1.54) is 24.3 Å². The number of nitrogens with one attached hydrogen (secondary N) is 2. The van der Waals surface area contributed by atoms with Gasteiger partial charge < -0.3 is 4.74 Å². The molecule has 0 saturated carbocycles. The van der Waals surface area contributed by atoms with E-state index in [0.717, 1.165) is 16.9 Å². The maximum Gasteiger partial charge on any atom is 0.311 e. The van der Waals surface area contributed by atoms with E-state index in [9.17, 15) is 18.0 Å². The van der Waals surface area contributed by atoms with Crippen molar-refractivity contribution in [2.24, 2.45) is 0 Å². The second kappa shape index (κ2) is 9.71. The van der Waals surface area contributed by atoms with Crippen LogP contribution in [0.2, 0.25) is 0 Å². The van der Waals surface area contributed by atoms with Gasteiger partial charge in [0.1, 0.15) is 0 Å². The zero-order chi connectivity index (χ0) is 22.4. The van der Waals surface area contributed by atoms with Crippen molar-refractivity contribution in [3.05, 3.63) is 70.7 Å². The first-order chi connectivity index (χ1) is 14.8. The van der Waals surface area contributed by atoms with Crippen molar-refractivity contribution in [2.45, 2.75) is 25.2 Å². The minimum absolute atomic E-state index is 0.0125. The first kappa shape index (κ1) is 22.4. The quantitative estimate of drug-likeness (QED) is 0.498. The van der Waals surface area contributed by atoms with Crippen molar-refractivity contribution in [3.63, 3.8) is 0 Å². The summed E-state index contributed by atoms with van der Waals surface area (Å²) in [7, 11) is -3.86. The maximum atomic E-state index is 12.7. The van der Waals surface area contributed by atoms with E-state index in [1.54, 1.807) is 36.6 Å². The summed E-state index contributed by atoms with van der Waals surface area (Å²) in [6.07, 6.45) is 0.0125. The lowest BCUT2D eigenvalue weighted by Gasteiger charge is -2.09. The molecule has 0 fully saturated rings. The molecular weight excluding hydrogens is 438 g/mol. The summed E-state index contributed by atoms with van der Waals surface area (Å²) in [5.41, 5.74) is 2.08. The molecule has 0 aliphatic rings. The molecule has 2 aromatic carbocycles.